The summed E-state index contributed by atoms with van der Waals surface area (Å²) in [4.78, 5) is 23.6. The van der Waals surface area contributed by atoms with Crippen LogP contribution in [0.25, 0.3) is 0 Å². The Kier molecular flexibility index (Phi) is 2.99. The molecule has 5 nitrogen and oxygen atoms in total. The first kappa shape index (κ1) is 11.4. The van der Waals surface area contributed by atoms with Crippen LogP contribution in [0.1, 0.15) is 5.56 Å². The molecule has 0 unspecified atom stereocenters. The Labute approximate surface area is 98.6 Å². The molecule has 1 N–H and O–H groups in total. The number of Topliss-reactive ketones (excluding diaryl/α,β-unsaturated/α-hetero) is 1. The number of likely N-dealkylation sites (N-methyl/N-ethyl adjacent to an activating group) is 1. The molecule has 0 spiro atoms. The Hall–Kier alpha value is -2.04. The van der Waals surface area contributed by atoms with E-state index in [1.54, 1.807) is 18.2 Å². The number of rotatable bonds is 3. The molecule has 1 aliphatic rings. The minimum Gasteiger partial charge on any atom is -0.490 e. The number of carboxylic acids is 1. The maximum atomic E-state index is 11.1. The summed E-state index contributed by atoms with van der Waals surface area (Å²) >= 11 is 0. The van der Waals surface area contributed by atoms with E-state index in [9.17, 15) is 9.59 Å². The van der Waals surface area contributed by atoms with Crippen molar-refractivity contribution in [1.29, 1.82) is 0 Å². The van der Waals surface area contributed by atoms with E-state index in [0.29, 0.717) is 12.2 Å². The molecular weight excluding hydrogens is 222 g/mol. The van der Waals surface area contributed by atoms with Gasteiger partial charge in [-0.15, -0.1) is 0 Å². The van der Waals surface area contributed by atoms with Gasteiger partial charge >= 0.3 is 5.97 Å². The largest absolute Gasteiger partial charge is 0.490 e. The van der Waals surface area contributed by atoms with E-state index in [0.717, 1.165) is 18.0 Å². The molecule has 0 bridgehead atoms. The summed E-state index contributed by atoms with van der Waals surface area (Å²) < 4.78 is 5.46. The Morgan fingerprint density at radius 3 is 2.94 bits per heavy atom. The summed E-state index contributed by atoms with van der Waals surface area (Å²) in [5.41, 5.74) is 1.58. The molecule has 0 amide bonds. The monoisotopic (exact) mass is 235 g/mol. The lowest BCUT2D eigenvalue weighted by atomic mass is 10.1. The van der Waals surface area contributed by atoms with Crippen molar-refractivity contribution < 1.29 is 19.4 Å². The van der Waals surface area contributed by atoms with Gasteiger partial charge < -0.3 is 14.7 Å². The van der Waals surface area contributed by atoms with Crippen LogP contribution in [0.4, 0.5) is 5.69 Å². The van der Waals surface area contributed by atoms with Crippen LogP contribution in [-0.2, 0) is 16.0 Å². The number of fused-ring (bicyclic) bond motifs is 1. The molecule has 5 heteroatoms. The van der Waals surface area contributed by atoms with E-state index in [-0.39, 0.29) is 6.42 Å². The van der Waals surface area contributed by atoms with Crippen LogP contribution in [0.2, 0.25) is 0 Å². The van der Waals surface area contributed by atoms with Gasteiger partial charge in [0.2, 0.25) is 5.78 Å². The van der Waals surface area contributed by atoms with E-state index in [4.69, 9.17) is 9.84 Å². The number of hydrogen-bond acceptors (Lipinski definition) is 4. The zero-order chi connectivity index (χ0) is 12.4. The zero-order valence-corrected chi connectivity index (χ0v) is 9.47. The summed E-state index contributed by atoms with van der Waals surface area (Å²) in [7, 11) is 1.93. The van der Waals surface area contributed by atoms with Gasteiger partial charge in [0.05, 0.1) is 12.2 Å². The smallest absolute Gasteiger partial charge is 0.372 e. The molecule has 0 fully saturated rings. The van der Waals surface area contributed by atoms with Crippen LogP contribution >= 0.6 is 0 Å². The fraction of sp³-hybridized carbons (Fsp3) is 0.333. The maximum absolute atomic E-state index is 11.1. The summed E-state index contributed by atoms with van der Waals surface area (Å²) in [5, 5.41) is 8.55. The minimum atomic E-state index is -1.40. The highest BCUT2D eigenvalue weighted by molar-refractivity contribution is 6.33. The number of anilines is 1. The predicted octanol–water partition coefficient (Wildman–Crippen LogP) is 0.711. The molecule has 0 saturated heterocycles. The molecule has 90 valence electrons. The average molecular weight is 235 g/mol. The van der Waals surface area contributed by atoms with Gasteiger partial charge in [0.25, 0.3) is 0 Å². The lowest BCUT2D eigenvalue weighted by Crippen LogP contribution is -2.29. The van der Waals surface area contributed by atoms with Crippen LogP contribution in [0.15, 0.2) is 18.2 Å². The predicted molar refractivity (Wildman–Crippen MR) is 61.6 cm³/mol. The first-order chi connectivity index (χ1) is 8.08. The second-order valence-electron chi connectivity index (χ2n) is 3.98. The lowest BCUT2D eigenvalue weighted by Gasteiger charge is -2.28. The fourth-order valence-corrected chi connectivity index (χ4v) is 1.77. The summed E-state index contributed by atoms with van der Waals surface area (Å²) in [6.07, 6.45) is -0.0869. The molecule has 1 aromatic rings. The number of carbonyl (C=O) groups is 2. The molecule has 0 aliphatic carbocycles. The van der Waals surface area contributed by atoms with E-state index in [2.05, 4.69) is 0 Å². The third-order valence-electron chi connectivity index (χ3n) is 2.72. The van der Waals surface area contributed by atoms with Crippen molar-refractivity contribution in [3.8, 4) is 5.75 Å². The van der Waals surface area contributed by atoms with Gasteiger partial charge in [-0.05, 0) is 17.7 Å². The van der Waals surface area contributed by atoms with Crippen LogP contribution in [0.3, 0.4) is 0 Å². The van der Waals surface area contributed by atoms with Gasteiger partial charge in [0.1, 0.15) is 12.4 Å². The van der Waals surface area contributed by atoms with Crippen molar-refractivity contribution in [3.05, 3.63) is 23.8 Å². The number of aliphatic carboxylic acids is 1. The molecule has 17 heavy (non-hydrogen) atoms. The van der Waals surface area contributed by atoms with Gasteiger partial charge in [-0.1, -0.05) is 6.07 Å². The number of hydrogen-bond donors (Lipinski definition) is 1. The number of ether oxygens (including phenoxy) is 1. The third kappa shape index (κ3) is 2.38. The van der Waals surface area contributed by atoms with E-state index in [1.165, 1.54) is 0 Å². The molecule has 0 atom stereocenters. The first-order valence-corrected chi connectivity index (χ1v) is 5.31. The number of carboxylic acid groups (broad SMARTS) is 1. The third-order valence-corrected chi connectivity index (χ3v) is 2.72. The molecule has 0 radical (unpaired) electrons. The Morgan fingerprint density at radius 2 is 2.24 bits per heavy atom. The Balaban J connectivity index is 2.23. The van der Waals surface area contributed by atoms with Gasteiger partial charge in [0.15, 0.2) is 0 Å². The summed E-state index contributed by atoms with van der Waals surface area (Å²) in [6, 6.07) is 5.30. The summed E-state index contributed by atoms with van der Waals surface area (Å²) in [5.74, 6) is -1.43. The van der Waals surface area contributed by atoms with E-state index < -0.39 is 11.8 Å². The van der Waals surface area contributed by atoms with Gasteiger partial charge in [-0.25, -0.2) is 4.79 Å². The Bertz CT molecular complexity index is 470. The number of nitrogens with zero attached hydrogens (tertiary/aromatic N) is 1. The molecule has 1 heterocycles. The van der Waals surface area contributed by atoms with Crippen molar-refractivity contribution >= 4 is 17.4 Å². The molecule has 1 aromatic carbocycles. The van der Waals surface area contributed by atoms with Crippen LogP contribution in [0, 0.1) is 0 Å². The SMILES string of the molecule is CN1CCOc2ccc(CC(=O)C(=O)O)cc21. The fourth-order valence-electron chi connectivity index (χ4n) is 1.77. The van der Waals surface area contributed by atoms with Crippen molar-refractivity contribution in [1.82, 2.24) is 0 Å². The molecular formula is C12H13NO4. The Morgan fingerprint density at radius 1 is 1.47 bits per heavy atom. The van der Waals surface area contributed by atoms with Crippen molar-refractivity contribution in [3.63, 3.8) is 0 Å². The number of carbonyl (C=O) groups excluding carboxylic acids is 1. The maximum Gasteiger partial charge on any atom is 0.372 e. The second-order valence-corrected chi connectivity index (χ2v) is 3.98. The van der Waals surface area contributed by atoms with Gasteiger partial charge in [-0.3, -0.25) is 4.79 Å². The van der Waals surface area contributed by atoms with Crippen LogP contribution in [-0.4, -0.2) is 37.1 Å². The molecule has 0 saturated carbocycles. The zero-order valence-electron chi connectivity index (χ0n) is 9.47. The normalized spacial score (nSPS) is 13.8. The highest BCUT2D eigenvalue weighted by Gasteiger charge is 2.17. The second kappa shape index (κ2) is 4.45. The lowest BCUT2D eigenvalue weighted by molar-refractivity contribution is -0.148. The minimum absolute atomic E-state index is 0.0869. The van der Waals surface area contributed by atoms with Crippen LogP contribution < -0.4 is 9.64 Å². The summed E-state index contributed by atoms with van der Waals surface area (Å²) in [6.45, 7) is 1.42. The van der Waals surface area contributed by atoms with E-state index >= 15 is 0 Å². The van der Waals surface area contributed by atoms with Gasteiger partial charge in [-0.2, -0.15) is 0 Å². The number of benzene rings is 1. The van der Waals surface area contributed by atoms with E-state index in [1.807, 2.05) is 11.9 Å². The number of ketones is 1. The standard InChI is InChI=1S/C12H13NO4/c1-13-4-5-17-11-3-2-8(6-9(11)13)7-10(14)12(15)16/h2-3,6H,4-5,7H2,1H3,(H,15,16). The van der Waals surface area contributed by atoms with Crippen molar-refractivity contribution in [2.45, 2.75) is 6.42 Å². The highest BCUT2D eigenvalue weighted by atomic mass is 16.5. The molecule has 2 rings (SSSR count). The van der Waals surface area contributed by atoms with Crippen LogP contribution in [0.5, 0.6) is 5.75 Å². The quantitative estimate of drug-likeness (QED) is 0.781. The van der Waals surface area contributed by atoms with Crippen molar-refractivity contribution in [2.24, 2.45) is 0 Å². The van der Waals surface area contributed by atoms with Gasteiger partial charge in [0, 0.05) is 13.5 Å². The van der Waals surface area contributed by atoms with Crippen molar-refractivity contribution in [2.75, 3.05) is 25.1 Å². The average Bonchev–Trinajstić information content (AvgIpc) is 2.30. The molecule has 1 aliphatic heterocycles. The molecule has 0 aromatic heterocycles. The highest BCUT2D eigenvalue weighted by Crippen LogP contribution is 2.31. The topological polar surface area (TPSA) is 66.8 Å². The first-order valence-electron chi connectivity index (χ1n) is 5.31.